The minimum atomic E-state index is -0.798. The van der Waals surface area contributed by atoms with Gasteiger partial charge in [-0.2, -0.15) is 0 Å². The van der Waals surface area contributed by atoms with Crippen molar-refractivity contribution in [1.29, 1.82) is 0 Å². The molecular weight excluding hydrogens is 372 g/mol. The molecule has 0 saturated carbocycles. The first-order chi connectivity index (χ1) is 13.7. The number of rotatable bonds is 2. The van der Waals surface area contributed by atoms with E-state index in [1.54, 1.807) is 50.7 Å². The molecular formula is C21H26N4O4. The molecule has 2 heterocycles. The van der Waals surface area contributed by atoms with Crippen LogP contribution in [0.25, 0.3) is 0 Å². The van der Waals surface area contributed by atoms with Crippen molar-refractivity contribution in [2.45, 2.75) is 45.4 Å². The van der Waals surface area contributed by atoms with Gasteiger partial charge >= 0.3 is 6.09 Å². The zero-order chi connectivity index (χ0) is 21.2. The Hall–Kier alpha value is -3.29. The van der Waals surface area contributed by atoms with Crippen LogP contribution in [0, 0.1) is 0 Å². The van der Waals surface area contributed by atoms with Crippen LogP contribution in [0.2, 0.25) is 0 Å². The fourth-order valence-corrected chi connectivity index (χ4v) is 3.23. The molecule has 1 aliphatic heterocycles. The summed E-state index contributed by atoms with van der Waals surface area (Å²) in [7, 11) is 1.74. The number of hydrazine groups is 1. The SMILES string of the molecule is Cn1cccc1C(=O)NNC(=O)C1Cc2ccccc2CN1C(=O)OC(C)(C)C. The van der Waals surface area contributed by atoms with E-state index in [4.69, 9.17) is 4.74 Å². The van der Waals surface area contributed by atoms with Gasteiger partial charge in [-0.1, -0.05) is 24.3 Å². The molecule has 0 spiro atoms. The number of hydrogen-bond acceptors (Lipinski definition) is 4. The number of ether oxygens (including phenoxy) is 1. The molecule has 0 fully saturated rings. The van der Waals surface area contributed by atoms with Crippen LogP contribution < -0.4 is 10.9 Å². The van der Waals surface area contributed by atoms with Gasteiger partial charge in [0, 0.05) is 19.7 Å². The molecule has 3 amide bonds. The Balaban J connectivity index is 1.76. The molecule has 8 nitrogen and oxygen atoms in total. The maximum atomic E-state index is 12.9. The van der Waals surface area contributed by atoms with Crippen LogP contribution >= 0.6 is 0 Å². The molecule has 0 saturated heterocycles. The van der Waals surface area contributed by atoms with Crippen LogP contribution in [0.5, 0.6) is 0 Å². The van der Waals surface area contributed by atoms with Gasteiger partial charge in [0.2, 0.25) is 0 Å². The van der Waals surface area contributed by atoms with E-state index in [2.05, 4.69) is 10.9 Å². The second kappa shape index (κ2) is 7.98. The first-order valence-corrected chi connectivity index (χ1v) is 9.43. The van der Waals surface area contributed by atoms with Crippen LogP contribution in [0.1, 0.15) is 42.4 Å². The lowest BCUT2D eigenvalue weighted by Crippen LogP contribution is -2.56. The van der Waals surface area contributed by atoms with Crippen LogP contribution in [0.15, 0.2) is 42.6 Å². The summed E-state index contributed by atoms with van der Waals surface area (Å²) in [5, 5.41) is 0. The number of hydrogen-bond donors (Lipinski definition) is 2. The van der Waals surface area contributed by atoms with E-state index >= 15 is 0 Å². The fourth-order valence-electron chi connectivity index (χ4n) is 3.23. The Morgan fingerprint density at radius 2 is 1.72 bits per heavy atom. The van der Waals surface area contributed by atoms with Gasteiger partial charge in [-0.15, -0.1) is 0 Å². The highest BCUT2D eigenvalue weighted by molar-refractivity contribution is 5.95. The first-order valence-electron chi connectivity index (χ1n) is 9.43. The summed E-state index contributed by atoms with van der Waals surface area (Å²) in [6, 6.07) is 10.2. The van der Waals surface area contributed by atoms with Gasteiger partial charge in [-0.05, 0) is 44.0 Å². The third-order valence-electron chi connectivity index (χ3n) is 4.65. The van der Waals surface area contributed by atoms with Gasteiger partial charge in [-0.3, -0.25) is 25.3 Å². The zero-order valence-corrected chi connectivity index (χ0v) is 17.1. The van der Waals surface area contributed by atoms with Crippen molar-refractivity contribution in [1.82, 2.24) is 20.3 Å². The smallest absolute Gasteiger partial charge is 0.411 e. The number of nitrogens with zero attached hydrogens (tertiary/aromatic N) is 2. The molecule has 1 aromatic heterocycles. The lowest BCUT2D eigenvalue weighted by atomic mass is 9.94. The van der Waals surface area contributed by atoms with Gasteiger partial charge in [0.25, 0.3) is 11.8 Å². The summed E-state index contributed by atoms with van der Waals surface area (Å²) < 4.78 is 7.13. The standard InChI is InChI=1S/C21H26N4O4/c1-21(2,3)29-20(28)25-13-15-9-6-5-8-14(15)12-17(25)19(27)23-22-18(26)16-10-7-11-24(16)4/h5-11,17H,12-13H2,1-4H3,(H,22,26)(H,23,27). The van der Waals surface area contributed by atoms with Gasteiger partial charge in [0.1, 0.15) is 17.3 Å². The molecule has 154 valence electrons. The van der Waals surface area contributed by atoms with Crippen molar-refractivity contribution in [3.63, 3.8) is 0 Å². The van der Waals surface area contributed by atoms with E-state index < -0.39 is 29.6 Å². The maximum Gasteiger partial charge on any atom is 0.411 e. The Bertz CT molecular complexity index is 929. The molecule has 8 heteroatoms. The highest BCUT2D eigenvalue weighted by Crippen LogP contribution is 2.25. The van der Waals surface area contributed by atoms with Crippen molar-refractivity contribution in [3.05, 3.63) is 59.4 Å². The van der Waals surface area contributed by atoms with Crippen molar-refractivity contribution in [2.24, 2.45) is 7.05 Å². The second-order valence-corrected chi connectivity index (χ2v) is 8.04. The molecule has 29 heavy (non-hydrogen) atoms. The van der Waals surface area contributed by atoms with Gasteiger partial charge < -0.3 is 9.30 Å². The van der Waals surface area contributed by atoms with Crippen molar-refractivity contribution < 1.29 is 19.1 Å². The largest absolute Gasteiger partial charge is 0.444 e. The lowest BCUT2D eigenvalue weighted by molar-refractivity contribution is -0.127. The third-order valence-corrected chi connectivity index (χ3v) is 4.65. The van der Waals surface area contributed by atoms with Crippen LogP contribution in [-0.2, 0) is 29.5 Å². The minimum Gasteiger partial charge on any atom is -0.444 e. The second-order valence-electron chi connectivity index (χ2n) is 8.04. The van der Waals surface area contributed by atoms with Crippen LogP contribution in [0.3, 0.4) is 0 Å². The molecule has 1 atom stereocenters. The highest BCUT2D eigenvalue weighted by atomic mass is 16.6. The van der Waals surface area contributed by atoms with Gasteiger partial charge in [-0.25, -0.2) is 4.79 Å². The molecule has 1 aliphatic rings. The van der Waals surface area contributed by atoms with Gasteiger partial charge in [0.15, 0.2) is 0 Å². The zero-order valence-electron chi connectivity index (χ0n) is 17.1. The normalized spacial score (nSPS) is 16.0. The highest BCUT2D eigenvalue weighted by Gasteiger charge is 2.37. The van der Waals surface area contributed by atoms with Gasteiger partial charge in [0.05, 0.1) is 6.54 Å². The predicted molar refractivity (Wildman–Crippen MR) is 107 cm³/mol. The Labute approximate surface area is 169 Å². The summed E-state index contributed by atoms with van der Waals surface area (Å²) in [5.74, 6) is -0.918. The quantitative estimate of drug-likeness (QED) is 0.758. The fraction of sp³-hybridized carbons (Fsp3) is 0.381. The predicted octanol–water partition coefficient (Wildman–Crippen LogP) is 2.15. The van der Waals surface area contributed by atoms with E-state index in [-0.39, 0.29) is 6.54 Å². The van der Waals surface area contributed by atoms with Crippen molar-refractivity contribution >= 4 is 17.9 Å². The maximum absolute atomic E-state index is 12.9. The van der Waals surface area contributed by atoms with E-state index in [9.17, 15) is 14.4 Å². The number of amides is 3. The average Bonchev–Trinajstić information content (AvgIpc) is 3.09. The minimum absolute atomic E-state index is 0.259. The lowest BCUT2D eigenvalue weighted by Gasteiger charge is -2.36. The molecule has 0 aliphatic carbocycles. The number of carbonyl (C=O) groups is 3. The molecule has 1 aromatic carbocycles. The summed E-state index contributed by atoms with van der Waals surface area (Å²) in [4.78, 5) is 39.3. The van der Waals surface area contributed by atoms with Crippen molar-refractivity contribution in [3.8, 4) is 0 Å². The molecule has 0 radical (unpaired) electrons. The molecule has 1 unspecified atom stereocenters. The summed E-state index contributed by atoms with van der Waals surface area (Å²) >= 11 is 0. The average molecular weight is 398 g/mol. The van der Waals surface area contributed by atoms with E-state index in [1.165, 1.54) is 4.90 Å². The van der Waals surface area contributed by atoms with Crippen LogP contribution in [0.4, 0.5) is 4.79 Å². The number of carbonyl (C=O) groups excluding carboxylic acids is 3. The summed E-state index contributed by atoms with van der Waals surface area (Å²) in [6.07, 6.45) is 1.50. The Morgan fingerprint density at radius 1 is 1.03 bits per heavy atom. The first kappa shape index (κ1) is 20.4. The van der Waals surface area contributed by atoms with E-state index in [0.29, 0.717) is 12.1 Å². The van der Waals surface area contributed by atoms with E-state index in [1.807, 2.05) is 24.3 Å². The molecule has 3 rings (SSSR count). The summed E-state index contributed by atoms with van der Waals surface area (Å²) in [6.45, 7) is 5.59. The monoisotopic (exact) mass is 398 g/mol. The number of fused-ring (bicyclic) bond motifs is 1. The topological polar surface area (TPSA) is 92.7 Å². The summed E-state index contributed by atoms with van der Waals surface area (Å²) in [5.41, 5.74) is 6.54. The Morgan fingerprint density at radius 3 is 2.34 bits per heavy atom. The van der Waals surface area contributed by atoms with Crippen LogP contribution in [-0.4, -0.2) is 39.0 Å². The number of aromatic nitrogens is 1. The molecule has 2 N–H and O–H groups in total. The Kier molecular flexibility index (Phi) is 5.63. The third kappa shape index (κ3) is 4.77. The van der Waals surface area contributed by atoms with Crippen molar-refractivity contribution in [2.75, 3.05) is 0 Å². The number of aryl methyl sites for hydroxylation is 1. The number of nitrogens with one attached hydrogen (secondary N) is 2. The molecule has 0 bridgehead atoms. The molecule has 2 aromatic rings. The number of benzene rings is 1. The van der Waals surface area contributed by atoms with E-state index in [0.717, 1.165) is 11.1 Å².